The summed E-state index contributed by atoms with van der Waals surface area (Å²) in [6, 6.07) is 0. The summed E-state index contributed by atoms with van der Waals surface area (Å²) < 4.78 is 5.90. The molecule has 1 rings (SSSR count). The molecule has 3 heteroatoms. The van der Waals surface area contributed by atoms with Crippen LogP contribution in [0.5, 0.6) is 0 Å². The Kier molecular flexibility index (Phi) is 5.90. The van der Waals surface area contributed by atoms with Crippen LogP contribution in [-0.2, 0) is 4.74 Å². The minimum Gasteiger partial charge on any atom is -0.392 e. The van der Waals surface area contributed by atoms with Crippen molar-refractivity contribution < 1.29 is 9.84 Å². The molecule has 1 aliphatic rings. The molecule has 0 bridgehead atoms. The van der Waals surface area contributed by atoms with Crippen LogP contribution in [0.1, 0.15) is 53.4 Å². The van der Waals surface area contributed by atoms with Gasteiger partial charge in [0.2, 0.25) is 0 Å². The van der Waals surface area contributed by atoms with E-state index in [9.17, 15) is 5.11 Å². The summed E-state index contributed by atoms with van der Waals surface area (Å²) in [7, 11) is 0. The van der Waals surface area contributed by atoms with E-state index in [2.05, 4.69) is 33.0 Å². The van der Waals surface area contributed by atoms with Crippen molar-refractivity contribution in [2.24, 2.45) is 5.92 Å². The minimum absolute atomic E-state index is 0.0420. The van der Waals surface area contributed by atoms with Gasteiger partial charge in [0.25, 0.3) is 0 Å². The lowest BCUT2D eigenvalue weighted by Gasteiger charge is -2.22. The molecular weight excluding hydrogens is 214 g/mol. The molecule has 1 aliphatic heterocycles. The number of aliphatic hydroxyl groups is 1. The minimum atomic E-state index is -0.223. The first kappa shape index (κ1) is 14.9. The SMILES string of the molecule is CCC(CC)C(O)CNCC1CCC(C)(C)O1. The molecule has 2 unspecified atom stereocenters. The van der Waals surface area contributed by atoms with E-state index in [1.54, 1.807) is 0 Å². The predicted molar refractivity (Wildman–Crippen MR) is 71.1 cm³/mol. The highest BCUT2D eigenvalue weighted by molar-refractivity contribution is 4.82. The Bertz CT molecular complexity index is 212. The molecular formula is C14H29NO2. The third kappa shape index (κ3) is 4.94. The number of hydrogen-bond acceptors (Lipinski definition) is 3. The standard InChI is InChI=1S/C14H29NO2/c1-5-11(6-2)13(16)10-15-9-12-7-8-14(3,4)17-12/h11-13,15-16H,5-10H2,1-4H3. The topological polar surface area (TPSA) is 41.5 Å². The fraction of sp³-hybridized carbons (Fsp3) is 1.00. The Hall–Kier alpha value is -0.120. The summed E-state index contributed by atoms with van der Waals surface area (Å²) in [5, 5.41) is 13.3. The van der Waals surface area contributed by atoms with E-state index in [4.69, 9.17) is 4.74 Å². The second-order valence-electron chi connectivity index (χ2n) is 5.84. The van der Waals surface area contributed by atoms with Gasteiger partial charge in [0.15, 0.2) is 0 Å². The van der Waals surface area contributed by atoms with E-state index in [1.165, 1.54) is 0 Å². The first-order valence-corrected chi connectivity index (χ1v) is 7.05. The van der Waals surface area contributed by atoms with E-state index in [0.717, 1.165) is 32.2 Å². The molecule has 2 N–H and O–H groups in total. The monoisotopic (exact) mass is 243 g/mol. The largest absolute Gasteiger partial charge is 0.392 e. The van der Waals surface area contributed by atoms with Crippen LogP contribution in [0.3, 0.4) is 0 Å². The summed E-state index contributed by atoms with van der Waals surface area (Å²) >= 11 is 0. The van der Waals surface area contributed by atoms with Gasteiger partial charge in [0, 0.05) is 13.1 Å². The highest BCUT2D eigenvalue weighted by Crippen LogP contribution is 2.28. The number of rotatable bonds is 7. The lowest BCUT2D eigenvalue weighted by Crippen LogP contribution is -2.37. The van der Waals surface area contributed by atoms with Crippen molar-refractivity contribution >= 4 is 0 Å². The Morgan fingerprint density at radius 1 is 1.35 bits per heavy atom. The quantitative estimate of drug-likeness (QED) is 0.721. The molecule has 102 valence electrons. The lowest BCUT2D eigenvalue weighted by molar-refractivity contribution is -0.0156. The summed E-state index contributed by atoms with van der Waals surface area (Å²) in [5.41, 5.74) is 0.0420. The van der Waals surface area contributed by atoms with Crippen molar-refractivity contribution in [1.29, 1.82) is 0 Å². The third-order valence-electron chi connectivity index (χ3n) is 3.87. The van der Waals surface area contributed by atoms with Gasteiger partial charge in [0.1, 0.15) is 0 Å². The maximum atomic E-state index is 9.98. The third-order valence-corrected chi connectivity index (χ3v) is 3.87. The van der Waals surface area contributed by atoms with Crippen LogP contribution in [0, 0.1) is 5.92 Å². The van der Waals surface area contributed by atoms with Crippen molar-refractivity contribution in [3.63, 3.8) is 0 Å². The normalized spacial score (nSPS) is 25.4. The summed E-state index contributed by atoms with van der Waals surface area (Å²) in [5.74, 6) is 0.420. The average Bonchev–Trinajstić information content (AvgIpc) is 2.60. The Morgan fingerprint density at radius 2 is 2.00 bits per heavy atom. The molecule has 0 saturated carbocycles. The van der Waals surface area contributed by atoms with Gasteiger partial charge in [-0.1, -0.05) is 26.7 Å². The van der Waals surface area contributed by atoms with E-state index < -0.39 is 0 Å². The van der Waals surface area contributed by atoms with Crippen LogP contribution in [0.4, 0.5) is 0 Å². The van der Waals surface area contributed by atoms with Crippen molar-refractivity contribution in [1.82, 2.24) is 5.32 Å². The second kappa shape index (κ2) is 6.72. The zero-order valence-electron chi connectivity index (χ0n) is 11.8. The van der Waals surface area contributed by atoms with Gasteiger partial charge in [0.05, 0.1) is 17.8 Å². The van der Waals surface area contributed by atoms with Crippen LogP contribution >= 0.6 is 0 Å². The number of aliphatic hydroxyl groups excluding tert-OH is 1. The molecule has 0 spiro atoms. The second-order valence-corrected chi connectivity index (χ2v) is 5.84. The van der Waals surface area contributed by atoms with Gasteiger partial charge in [-0.3, -0.25) is 0 Å². The highest BCUT2D eigenvalue weighted by Gasteiger charge is 2.31. The molecule has 1 fully saturated rings. The lowest BCUT2D eigenvalue weighted by atomic mass is 9.96. The molecule has 0 amide bonds. The van der Waals surface area contributed by atoms with Crippen LogP contribution in [-0.4, -0.2) is 36.0 Å². The molecule has 1 saturated heterocycles. The predicted octanol–water partition coefficient (Wildman–Crippen LogP) is 2.33. The summed E-state index contributed by atoms with van der Waals surface area (Å²) in [6.07, 6.45) is 4.45. The smallest absolute Gasteiger partial charge is 0.0707 e. The highest BCUT2D eigenvalue weighted by atomic mass is 16.5. The molecule has 0 aromatic rings. The van der Waals surface area contributed by atoms with Crippen molar-refractivity contribution in [2.75, 3.05) is 13.1 Å². The first-order chi connectivity index (χ1) is 7.98. The zero-order valence-corrected chi connectivity index (χ0v) is 11.8. The van der Waals surface area contributed by atoms with Crippen LogP contribution in [0.2, 0.25) is 0 Å². The van der Waals surface area contributed by atoms with E-state index in [0.29, 0.717) is 18.6 Å². The number of hydrogen-bond donors (Lipinski definition) is 2. The van der Waals surface area contributed by atoms with Gasteiger partial charge in [-0.2, -0.15) is 0 Å². The first-order valence-electron chi connectivity index (χ1n) is 7.05. The van der Waals surface area contributed by atoms with Gasteiger partial charge in [-0.05, 0) is 32.6 Å². The van der Waals surface area contributed by atoms with E-state index in [1.807, 2.05) is 0 Å². The molecule has 0 aromatic heterocycles. The Balaban J connectivity index is 2.16. The molecule has 1 heterocycles. The van der Waals surface area contributed by atoms with Gasteiger partial charge < -0.3 is 15.2 Å². The zero-order chi connectivity index (χ0) is 12.9. The molecule has 0 aromatic carbocycles. The van der Waals surface area contributed by atoms with Crippen molar-refractivity contribution in [3.05, 3.63) is 0 Å². The van der Waals surface area contributed by atoms with Crippen molar-refractivity contribution in [3.8, 4) is 0 Å². The van der Waals surface area contributed by atoms with Gasteiger partial charge in [-0.25, -0.2) is 0 Å². The van der Waals surface area contributed by atoms with E-state index >= 15 is 0 Å². The van der Waals surface area contributed by atoms with Crippen LogP contribution in [0.25, 0.3) is 0 Å². The Labute approximate surface area is 106 Å². The van der Waals surface area contributed by atoms with Crippen LogP contribution < -0.4 is 5.32 Å². The fourth-order valence-electron chi connectivity index (χ4n) is 2.61. The van der Waals surface area contributed by atoms with Crippen LogP contribution in [0.15, 0.2) is 0 Å². The summed E-state index contributed by atoms with van der Waals surface area (Å²) in [6.45, 7) is 10.1. The molecule has 0 radical (unpaired) electrons. The fourth-order valence-corrected chi connectivity index (χ4v) is 2.61. The molecule has 3 nitrogen and oxygen atoms in total. The molecule has 2 atom stereocenters. The summed E-state index contributed by atoms with van der Waals surface area (Å²) in [4.78, 5) is 0. The molecule has 0 aliphatic carbocycles. The number of ether oxygens (including phenoxy) is 1. The molecule has 17 heavy (non-hydrogen) atoms. The van der Waals surface area contributed by atoms with E-state index in [-0.39, 0.29) is 11.7 Å². The maximum absolute atomic E-state index is 9.98. The van der Waals surface area contributed by atoms with Crippen molar-refractivity contribution in [2.45, 2.75) is 71.2 Å². The van der Waals surface area contributed by atoms with Gasteiger partial charge in [-0.15, -0.1) is 0 Å². The number of nitrogens with one attached hydrogen (secondary N) is 1. The Morgan fingerprint density at radius 3 is 2.47 bits per heavy atom. The van der Waals surface area contributed by atoms with Gasteiger partial charge >= 0.3 is 0 Å². The average molecular weight is 243 g/mol. The maximum Gasteiger partial charge on any atom is 0.0707 e.